The Labute approximate surface area is 168 Å². The van der Waals surface area contributed by atoms with Gasteiger partial charge in [-0.3, -0.25) is 9.52 Å². The highest BCUT2D eigenvalue weighted by Gasteiger charge is 2.16. The third-order valence-corrected chi connectivity index (χ3v) is 5.17. The lowest BCUT2D eigenvalue weighted by molar-refractivity contribution is 0.0952. The molecule has 0 aliphatic heterocycles. The van der Waals surface area contributed by atoms with E-state index in [1.807, 2.05) is 0 Å². The van der Waals surface area contributed by atoms with Crippen molar-refractivity contribution in [1.29, 1.82) is 0 Å². The number of ether oxygens (including phenoxy) is 1. The van der Waals surface area contributed by atoms with Crippen LogP contribution in [0.3, 0.4) is 0 Å². The number of aryl methyl sites for hydroxylation is 1. The molecule has 0 aromatic heterocycles. The number of hydrogen-bond donors (Lipinski definition) is 3. The minimum absolute atomic E-state index is 0.0627. The number of amides is 2. The maximum absolute atomic E-state index is 13.3. The van der Waals surface area contributed by atoms with E-state index < -0.39 is 21.9 Å². The van der Waals surface area contributed by atoms with E-state index in [4.69, 9.17) is 4.74 Å². The molecule has 2 rings (SSSR count). The van der Waals surface area contributed by atoms with Crippen molar-refractivity contribution in [2.45, 2.75) is 18.7 Å². The van der Waals surface area contributed by atoms with Crippen molar-refractivity contribution in [1.82, 2.24) is 10.6 Å². The van der Waals surface area contributed by atoms with Crippen molar-refractivity contribution in [2.24, 2.45) is 0 Å². The molecule has 0 saturated carbocycles. The van der Waals surface area contributed by atoms with Gasteiger partial charge >= 0.3 is 6.09 Å². The van der Waals surface area contributed by atoms with E-state index in [0.29, 0.717) is 5.56 Å². The van der Waals surface area contributed by atoms with E-state index in [0.717, 1.165) is 6.07 Å². The first-order valence-electron chi connectivity index (χ1n) is 8.81. The molecule has 0 aliphatic carbocycles. The number of anilines is 1. The van der Waals surface area contributed by atoms with E-state index in [9.17, 15) is 22.4 Å². The lowest BCUT2D eigenvalue weighted by atomic mass is 10.2. The zero-order chi connectivity index (χ0) is 21.4. The Hall–Kier alpha value is -3.14. The third-order valence-electron chi connectivity index (χ3n) is 3.79. The molecule has 0 aliphatic rings. The van der Waals surface area contributed by atoms with Crippen molar-refractivity contribution in [3.05, 3.63) is 59.4 Å². The van der Waals surface area contributed by atoms with Crippen LogP contribution in [0.5, 0.6) is 0 Å². The van der Waals surface area contributed by atoms with Gasteiger partial charge in [-0.25, -0.2) is 17.6 Å². The molecule has 0 fully saturated rings. The normalized spacial score (nSPS) is 10.9. The molecule has 3 N–H and O–H groups in total. The van der Waals surface area contributed by atoms with Crippen LogP contribution in [0.2, 0.25) is 0 Å². The van der Waals surface area contributed by atoms with Gasteiger partial charge in [0.1, 0.15) is 5.82 Å². The first-order chi connectivity index (χ1) is 13.7. The monoisotopic (exact) mass is 423 g/mol. The van der Waals surface area contributed by atoms with Gasteiger partial charge in [-0.15, -0.1) is 0 Å². The summed E-state index contributed by atoms with van der Waals surface area (Å²) in [6, 6.07) is 9.32. The largest absolute Gasteiger partial charge is 0.450 e. The first kappa shape index (κ1) is 22.2. The van der Waals surface area contributed by atoms with Gasteiger partial charge in [-0.05, 0) is 61.9 Å². The second-order valence-electron chi connectivity index (χ2n) is 6.00. The summed E-state index contributed by atoms with van der Waals surface area (Å²) in [5.41, 5.74) is 0.798. The third kappa shape index (κ3) is 6.46. The number of benzene rings is 2. The zero-order valence-electron chi connectivity index (χ0n) is 16.0. The molecule has 10 heteroatoms. The van der Waals surface area contributed by atoms with Crippen molar-refractivity contribution < 1.29 is 27.1 Å². The lowest BCUT2D eigenvalue weighted by Gasteiger charge is -2.10. The van der Waals surface area contributed by atoms with Gasteiger partial charge in [0.05, 0.1) is 11.5 Å². The van der Waals surface area contributed by atoms with E-state index >= 15 is 0 Å². The molecular formula is C19H22FN3O5S. The minimum atomic E-state index is -3.89. The Balaban J connectivity index is 1.93. The number of carbonyl (C=O) groups excluding carboxylic acids is 2. The van der Waals surface area contributed by atoms with Crippen LogP contribution in [0.25, 0.3) is 0 Å². The number of rotatable bonds is 8. The molecule has 8 nitrogen and oxygen atoms in total. The topological polar surface area (TPSA) is 114 Å². The second kappa shape index (κ2) is 9.87. The van der Waals surface area contributed by atoms with E-state index in [-0.39, 0.29) is 41.7 Å². The second-order valence-corrected chi connectivity index (χ2v) is 7.68. The van der Waals surface area contributed by atoms with Crippen molar-refractivity contribution >= 4 is 27.7 Å². The molecule has 156 valence electrons. The lowest BCUT2D eigenvalue weighted by Crippen LogP contribution is -2.34. The maximum Gasteiger partial charge on any atom is 0.407 e. The summed E-state index contributed by atoms with van der Waals surface area (Å²) in [7, 11) is -3.89. The molecule has 0 bridgehead atoms. The van der Waals surface area contributed by atoms with Crippen LogP contribution in [0.1, 0.15) is 22.8 Å². The first-order valence-corrected chi connectivity index (χ1v) is 10.3. The molecule has 0 atom stereocenters. The highest BCUT2D eigenvalue weighted by Crippen LogP contribution is 2.19. The number of alkyl carbamates (subject to hydrolysis) is 1. The Morgan fingerprint density at radius 3 is 2.31 bits per heavy atom. The van der Waals surface area contributed by atoms with Gasteiger partial charge in [-0.2, -0.15) is 0 Å². The molecule has 0 unspecified atom stereocenters. The molecule has 2 aromatic rings. The Morgan fingerprint density at radius 2 is 1.69 bits per heavy atom. The number of nitrogens with one attached hydrogen (secondary N) is 3. The fraction of sp³-hybridized carbons (Fsp3) is 0.263. The molecule has 0 heterocycles. The highest BCUT2D eigenvalue weighted by atomic mass is 32.2. The Bertz CT molecular complexity index is 978. The minimum Gasteiger partial charge on any atom is -0.450 e. The van der Waals surface area contributed by atoms with Crippen molar-refractivity contribution in [3.8, 4) is 0 Å². The fourth-order valence-corrected chi connectivity index (χ4v) is 3.46. The molecule has 0 spiro atoms. The Morgan fingerprint density at radius 1 is 1.03 bits per heavy atom. The molecular weight excluding hydrogens is 401 g/mol. The SMILES string of the molecule is CCOC(=O)NCCNC(=O)c1ccc(NS(=O)(=O)c2ccc(F)c(C)c2)cc1. The van der Waals surface area contributed by atoms with Crippen molar-refractivity contribution in [3.63, 3.8) is 0 Å². The average molecular weight is 423 g/mol. The van der Waals surface area contributed by atoms with Crippen LogP contribution in [0, 0.1) is 12.7 Å². The summed E-state index contributed by atoms with van der Waals surface area (Å²) < 4.78 is 45.2. The molecule has 2 aromatic carbocycles. The fourth-order valence-electron chi connectivity index (χ4n) is 2.31. The summed E-state index contributed by atoms with van der Waals surface area (Å²) in [5.74, 6) is -0.865. The van der Waals surface area contributed by atoms with E-state index in [1.165, 1.54) is 43.3 Å². The molecule has 0 radical (unpaired) electrons. The van der Waals surface area contributed by atoms with Crippen LogP contribution >= 0.6 is 0 Å². The number of carbonyl (C=O) groups is 2. The van der Waals surface area contributed by atoms with Crippen LogP contribution in [-0.2, 0) is 14.8 Å². The summed E-state index contributed by atoms with van der Waals surface area (Å²) >= 11 is 0. The summed E-state index contributed by atoms with van der Waals surface area (Å²) in [6.07, 6.45) is -0.560. The summed E-state index contributed by atoms with van der Waals surface area (Å²) in [4.78, 5) is 23.1. The standard InChI is InChI=1S/C19H22FN3O5S/c1-3-28-19(25)22-11-10-21-18(24)14-4-6-15(7-5-14)23-29(26,27)16-8-9-17(20)13(2)12-16/h4-9,12,23H,3,10-11H2,1-2H3,(H,21,24)(H,22,25). The van der Waals surface area contributed by atoms with Gasteiger partial charge in [0.15, 0.2) is 0 Å². The number of hydrogen-bond acceptors (Lipinski definition) is 5. The van der Waals surface area contributed by atoms with Gasteiger partial charge < -0.3 is 15.4 Å². The van der Waals surface area contributed by atoms with Gasteiger partial charge in [0.25, 0.3) is 15.9 Å². The average Bonchev–Trinajstić information content (AvgIpc) is 2.67. The van der Waals surface area contributed by atoms with Crippen LogP contribution in [0.4, 0.5) is 14.9 Å². The van der Waals surface area contributed by atoms with Crippen LogP contribution in [-0.4, -0.2) is 40.1 Å². The number of sulfonamides is 1. The quantitative estimate of drug-likeness (QED) is 0.564. The van der Waals surface area contributed by atoms with Crippen LogP contribution < -0.4 is 15.4 Å². The summed E-state index contributed by atoms with van der Waals surface area (Å²) in [5, 5.41) is 5.09. The molecule has 0 saturated heterocycles. The van der Waals surface area contributed by atoms with Gasteiger partial charge in [-0.1, -0.05) is 0 Å². The van der Waals surface area contributed by atoms with E-state index in [2.05, 4.69) is 15.4 Å². The summed E-state index contributed by atoms with van der Waals surface area (Å²) in [6.45, 7) is 3.83. The van der Waals surface area contributed by atoms with E-state index in [1.54, 1.807) is 6.92 Å². The smallest absolute Gasteiger partial charge is 0.407 e. The van der Waals surface area contributed by atoms with Gasteiger partial charge in [0.2, 0.25) is 0 Å². The van der Waals surface area contributed by atoms with Crippen molar-refractivity contribution in [2.75, 3.05) is 24.4 Å². The zero-order valence-corrected chi connectivity index (χ0v) is 16.8. The van der Waals surface area contributed by atoms with Crippen LogP contribution in [0.15, 0.2) is 47.4 Å². The maximum atomic E-state index is 13.3. The highest BCUT2D eigenvalue weighted by molar-refractivity contribution is 7.92. The predicted molar refractivity (Wildman–Crippen MR) is 106 cm³/mol. The van der Waals surface area contributed by atoms with Gasteiger partial charge in [0, 0.05) is 24.3 Å². The molecule has 2 amide bonds. The predicted octanol–water partition coefficient (Wildman–Crippen LogP) is 2.41. The number of halogens is 1. The Kier molecular flexibility index (Phi) is 7.54. The molecule has 29 heavy (non-hydrogen) atoms.